The summed E-state index contributed by atoms with van der Waals surface area (Å²) in [6.07, 6.45) is 1.78. The number of pyridine rings is 1. The molecule has 14 heavy (non-hydrogen) atoms. The van der Waals surface area contributed by atoms with Gasteiger partial charge in [0.2, 0.25) is 0 Å². The fourth-order valence-electron chi connectivity index (χ4n) is 1.20. The van der Waals surface area contributed by atoms with E-state index in [4.69, 9.17) is 21.4 Å². The van der Waals surface area contributed by atoms with E-state index in [1.165, 1.54) is 0 Å². The molecule has 0 fully saturated rings. The zero-order valence-corrected chi connectivity index (χ0v) is 8.08. The number of aliphatic hydroxyl groups is 1. The average molecular weight is 213 g/mol. The van der Waals surface area contributed by atoms with Crippen LogP contribution in [-0.2, 0) is 0 Å². The number of aromatic nitrogens is 2. The summed E-state index contributed by atoms with van der Waals surface area (Å²) in [7, 11) is 0. The molecule has 0 unspecified atom stereocenters. The molecule has 0 aromatic carbocycles. The van der Waals surface area contributed by atoms with Gasteiger partial charge in [-0.15, -0.1) is 0 Å². The van der Waals surface area contributed by atoms with E-state index in [1.807, 2.05) is 6.07 Å². The van der Waals surface area contributed by atoms with Crippen molar-refractivity contribution < 1.29 is 9.84 Å². The summed E-state index contributed by atoms with van der Waals surface area (Å²) < 4.78 is 5.20. The molecule has 4 nitrogen and oxygen atoms in total. The number of ether oxygens (including phenoxy) is 1. The number of fused-ring (bicyclic) bond motifs is 1. The minimum atomic E-state index is -0.0426. The SMILES string of the molecule is OCCOc1cc2[nH]ccc2nc1Cl. The number of halogens is 1. The highest BCUT2D eigenvalue weighted by molar-refractivity contribution is 6.31. The quantitative estimate of drug-likeness (QED) is 0.760. The van der Waals surface area contributed by atoms with E-state index in [1.54, 1.807) is 12.3 Å². The van der Waals surface area contributed by atoms with Crippen LogP contribution in [0, 0.1) is 0 Å². The summed E-state index contributed by atoms with van der Waals surface area (Å²) in [5, 5.41) is 8.91. The summed E-state index contributed by atoms with van der Waals surface area (Å²) in [6, 6.07) is 3.59. The lowest BCUT2D eigenvalue weighted by atomic mass is 10.4. The van der Waals surface area contributed by atoms with Gasteiger partial charge in [-0.3, -0.25) is 0 Å². The molecule has 5 heteroatoms. The second-order valence-electron chi connectivity index (χ2n) is 2.76. The molecule has 2 heterocycles. The Labute approximate surface area is 85.5 Å². The molecule has 0 saturated heterocycles. The normalized spacial score (nSPS) is 10.7. The number of nitrogens with zero attached hydrogens (tertiary/aromatic N) is 1. The Bertz CT molecular complexity index is 441. The third-order valence-electron chi connectivity index (χ3n) is 1.80. The number of H-pyrrole nitrogens is 1. The Morgan fingerprint density at radius 2 is 2.43 bits per heavy atom. The molecule has 0 radical (unpaired) electrons. The predicted octanol–water partition coefficient (Wildman–Crippen LogP) is 1.59. The lowest BCUT2D eigenvalue weighted by molar-refractivity contribution is 0.201. The molecule has 74 valence electrons. The smallest absolute Gasteiger partial charge is 0.171 e. The van der Waals surface area contributed by atoms with Gasteiger partial charge in [0.15, 0.2) is 10.9 Å². The number of aliphatic hydroxyl groups excluding tert-OH is 1. The van der Waals surface area contributed by atoms with Crippen LogP contribution in [0.5, 0.6) is 5.75 Å². The standard InChI is InChI=1S/C9H9ClN2O2/c10-9-8(14-4-3-13)5-7-6(12-9)1-2-11-7/h1-2,5,11,13H,3-4H2. The van der Waals surface area contributed by atoms with Gasteiger partial charge in [-0.1, -0.05) is 11.6 Å². The van der Waals surface area contributed by atoms with Gasteiger partial charge in [0.1, 0.15) is 6.61 Å². The van der Waals surface area contributed by atoms with Gasteiger partial charge in [-0.25, -0.2) is 4.98 Å². The van der Waals surface area contributed by atoms with Crippen LogP contribution >= 0.6 is 11.6 Å². The highest BCUT2D eigenvalue weighted by Gasteiger charge is 2.05. The van der Waals surface area contributed by atoms with Gasteiger partial charge in [-0.05, 0) is 6.07 Å². The van der Waals surface area contributed by atoms with Crippen LogP contribution in [0.2, 0.25) is 5.15 Å². The zero-order valence-electron chi connectivity index (χ0n) is 7.33. The summed E-state index contributed by atoms with van der Waals surface area (Å²) in [6.45, 7) is 0.173. The lowest BCUT2D eigenvalue weighted by Crippen LogP contribution is -2.02. The van der Waals surface area contributed by atoms with Gasteiger partial charge in [-0.2, -0.15) is 0 Å². The first-order valence-electron chi connectivity index (χ1n) is 4.18. The van der Waals surface area contributed by atoms with Crippen LogP contribution in [0.4, 0.5) is 0 Å². The number of nitrogens with one attached hydrogen (secondary N) is 1. The van der Waals surface area contributed by atoms with Crippen molar-refractivity contribution >= 4 is 22.6 Å². The number of aromatic amines is 1. The van der Waals surface area contributed by atoms with E-state index in [9.17, 15) is 0 Å². The molecule has 2 aromatic rings. The molecule has 0 spiro atoms. The lowest BCUT2D eigenvalue weighted by Gasteiger charge is -2.05. The fourth-order valence-corrected chi connectivity index (χ4v) is 1.40. The molecule has 2 rings (SSSR count). The number of hydrogen-bond acceptors (Lipinski definition) is 3. The topological polar surface area (TPSA) is 58.1 Å². The Hall–Kier alpha value is -1.26. The summed E-state index contributed by atoms with van der Waals surface area (Å²) >= 11 is 5.86. The van der Waals surface area contributed by atoms with Gasteiger partial charge >= 0.3 is 0 Å². The number of hydrogen-bond donors (Lipinski definition) is 2. The Kier molecular flexibility index (Phi) is 2.56. The summed E-state index contributed by atoms with van der Waals surface area (Å²) in [5.41, 5.74) is 1.66. The van der Waals surface area contributed by atoms with E-state index < -0.39 is 0 Å². The van der Waals surface area contributed by atoms with Crippen LogP contribution in [0.15, 0.2) is 18.3 Å². The van der Waals surface area contributed by atoms with E-state index in [0.717, 1.165) is 11.0 Å². The van der Waals surface area contributed by atoms with Crippen LogP contribution in [-0.4, -0.2) is 28.3 Å². The maximum atomic E-state index is 8.60. The van der Waals surface area contributed by atoms with Crippen molar-refractivity contribution in [3.63, 3.8) is 0 Å². The molecule has 0 aliphatic heterocycles. The minimum absolute atomic E-state index is 0.0426. The van der Waals surface area contributed by atoms with E-state index in [2.05, 4.69) is 9.97 Å². The molecule has 0 bridgehead atoms. The van der Waals surface area contributed by atoms with Crippen LogP contribution in [0.25, 0.3) is 11.0 Å². The van der Waals surface area contributed by atoms with Crippen molar-refractivity contribution in [1.82, 2.24) is 9.97 Å². The van der Waals surface area contributed by atoms with E-state index >= 15 is 0 Å². The first-order chi connectivity index (χ1) is 6.81. The maximum absolute atomic E-state index is 8.60. The molecule has 2 aromatic heterocycles. The van der Waals surface area contributed by atoms with Crippen LogP contribution < -0.4 is 4.74 Å². The third-order valence-corrected chi connectivity index (χ3v) is 2.07. The average Bonchev–Trinajstić information content (AvgIpc) is 2.61. The molecule has 0 amide bonds. The monoisotopic (exact) mass is 212 g/mol. The fraction of sp³-hybridized carbons (Fsp3) is 0.222. The second-order valence-corrected chi connectivity index (χ2v) is 3.12. The second kappa shape index (κ2) is 3.86. The van der Waals surface area contributed by atoms with Gasteiger partial charge in [0.05, 0.1) is 17.6 Å². The Morgan fingerprint density at radius 1 is 1.57 bits per heavy atom. The van der Waals surface area contributed by atoms with Gasteiger partial charge < -0.3 is 14.8 Å². The highest BCUT2D eigenvalue weighted by atomic mass is 35.5. The van der Waals surface area contributed by atoms with Crippen molar-refractivity contribution in [3.8, 4) is 5.75 Å². The van der Waals surface area contributed by atoms with E-state index in [0.29, 0.717) is 10.9 Å². The first-order valence-corrected chi connectivity index (χ1v) is 4.56. The molecule has 0 saturated carbocycles. The predicted molar refractivity (Wildman–Crippen MR) is 53.7 cm³/mol. The van der Waals surface area contributed by atoms with Crippen molar-refractivity contribution in [1.29, 1.82) is 0 Å². The number of rotatable bonds is 3. The minimum Gasteiger partial charge on any atom is -0.488 e. The van der Waals surface area contributed by atoms with Crippen molar-refractivity contribution in [2.24, 2.45) is 0 Å². The van der Waals surface area contributed by atoms with Crippen molar-refractivity contribution in [2.75, 3.05) is 13.2 Å². The first kappa shape index (κ1) is 9.30. The van der Waals surface area contributed by atoms with Crippen LogP contribution in [0.1, 0.15) is 0 Å². The maximum Gasteiger partial charge on any atom is 0.171 e. The zero-order chi connectivity index (χ0) is 9.97. The Balaban J connectivity index is 2.38. The molecule has 0 atom stereocenters. The van der Waals surface area contributed by atoms with Crippen molar-refractivity contribution in [2.45, 2.75) is 0 Å². The van der Waals surface area contributed by atoms with Crippen LogP contribution in [0.3, 0.4) is 0 Å². The van der Waals surface area contributed by atoms with Gasteiger partial charge in [0, 0.05) is 12.3 Å². The van der Waals surface area contributed by atoms with Crippen molar-refractivity contribution in [3.05, 3.63) is 23.5 Å². The van der Waals surface area contributed by atoms with E-state index in [-0.39, 0.29) is 13.2 Å². The molecule has 0 aliphatic carbocycles. The van der Waals surface area contributed by atoms with Gasteiger partial charge in [0.25, 0.3) is 0 Å². The summed E-state index contributed by atoms with van der Waals surface area (Å²) in [4.78, 5) is 7.12. The third kappa shape index (κ3) is 1.66. The summed E-state index contributed by atoms with van der Waals surface area (Å²) in [5.74, 6) is 0.482. The molecular formula is C9H9ClN2O2. The molecule has 0 aliphatic rings. The molecular weight excluding hydrogens is 204 g/mol. The largest absolute Gasteiger partial charge is 0.488 e. The highest BCUT2D eigenvalue weighted by Crippen LogP contribution is 2.25. The molecule has 2 N–H and O–H groups in total. The Morgan fingerprint density at radius 3 is 3.21 bits per heavy atom.